The Morgan fingerprint density at radius 1 is 1.03 bits per heavy atom. The van der Waals surface area contributed by atoms with Gasteiger partial charge in [-0.2, -0.15) is 4.31 Å². The van der Waals surface area contributed by atoms with Crippen LogP contribution in [0.15, 0.2) is 47.4 Å². The molecular formula is C23H29N3O6S. The van der Waals surface area contributed by atoms with E-state index in [1.54, 1.807) is 29.2 Å². The topological polar surface area (TPSA) is 97.4 Å². The average molecular weight is 476 g/mol. The van der Waals surface area contributed by atoms with E-state index in [4.69, 9.17) is 14.2 Å². The first-order valence-corrected chi connectivity index (χ1v) is 12.5. The molecule has 2 aromatic rings. The van der Waals surface area contributed by atoms with Crippen molar-refractivity contribution in [1.29, 1.82) is 0 Å². The van der Waals surface area contributed by atoms with Crippen molar-refractivity contribution in [2.45, 2.75) is 24.8 Å². The molecule has 0 aromatic heterocycles. The first kappa shape index (κ1) is 23.2. The van der Waals surface area contributed by atoms with Gasteiger partial charge in [0.15, 0.2) is 11.5 Å². The Bertz CT molecular complexity index is 1080. The number of piperazine rings is 1. The quantitative estimate of drug-likeness (QED) is 0.690. The molecule has 2 heterocycles. The molecule has 1 fully saturated rings. The van der Waals surface area contributed by atoms with Gasteiger partial charge in [-0.05, 0) is 55.8 Å². The lowest BCUT2D eigenvalue weighted by Gasteiger charge is -2.34. The number of carbonyl (C=O) groups is 1. The van der Waals surface area contributed by atoms with Crippen LogP contribution in [0.5, 0.6) is 17.2 Å². The fraction of sp³-hybridized carbons (Fsp3) is 0.435. The molecule has 1 saturated heterocycles. The number of hydrogen-bond donors (Lipinski definition) is 1. The van der Waals surface area contributed by atoms with Crippen LogP contribution in [-0.4, -0.2) is 69.7 Å². The first-order chi connectivity index (χ1) is 15.9. The van der Waals surface area contributed by atoms with E-state index in [-0.39, 0.29) is 30.1 Å². The summed E-state index contributed by atoms with van der Waals surface area (Å²) in [5.41, 5.74) is 0.907. The van der Waals surface area contributed by atoms with Gasteiger partial charge in [0.05, 0.1) is 17.5 Å². The van der Waals surface area contributed by atoms with E-state index >= 15 is 0 Å². The van der Waals surface area contributed by atoms with Gasteiger partial charge in [0.25, 0.3) is 0 Å². The highest BCUT2D eigenvalue weighted by Gasteiger charge is 2.30. The molecule has 178 valence electrons. The molecule has 33 heavy (non-hydrogen) atoms. The van der Waals surface area contributed by atoms with Gasteiger partial charge in [0.2, 0.25) is 10.0 Å². The Morgan fingerprint density at radius 3 is 2.36 bits per heavy atom. The molecule has 2 aliphatic rings. The Kier molecular flexibility index (Phi) is 6.94. The number of fused-ring (bicyclic) bond motifs is 1. The van der Waals surface area contributed by atoms with E-state index in [0.29, 0.717) is 50.2 Å². The van der Waals surface area contributed by atoms with Crippen molar-refractivity contribution in [2.75, 3.05) is 46.0 Å². The molecule has 10 heteroatoms. The molecule has 9 nitrogen and oxygen atoms in total. The fourth-order valence-electron chi connectivity index (χ4n) is 3.84. The second-order valence-corrected chi connectivity index (χ2v) is 9.81. The average Bonchev–Trinajstić information content (AvgIpc) is 2.84. The van der Waals surface area contributed by atoms with Gasteiger partial charge < -0.3 is 24.4 Å². The van der Waals surface area contributed by atoms with E-state index in [1.165, 1.54) is 4.31 Å². The second-order valence-electron chi connectivity index (χ2n) is 7.87. The van der Waals surface area contributed by atoms with Crippen LogP contribution in [0, 0.1) is 0 Å². The molecule has 1 N–H and O–H groups in total. The lowest BCUT2D eigenvalue weighted by atomic mass is 10.1. The molecule has 0 spiro atoms. The molecule has 0 radical (unpaired) electrons. The molecule has 4 rings (SSSR count). The van der Waals surface area contributed by atoms with Crippen LogP contribution in [0.3, 0.4) is 0 Å². The van der Waals surface area contributed by atoms with Gasteiger partial charge >= 0.3 is 6.03 Å². The fourth-order valence-corrected chi connectivity index (χ4v) is 5.27. The molecule has 1 atom stereocenters. The van der Waals surface area contributed by atoms with Crippen LogP contribution in [-0.2, 0) is 10.0 Å². The molecule has 0 bridgehead atoms. The maximum absolute atomic E-state index is 13.0. The van der Waals surface area contributed by atoms with Crippen LogP contribution >= 0.6 is 0 Å². The van der Waals surface area contributed by atoms with Crippen molar-refractivity contribution in [2.24, 2.45) is 0 Å². The Balaban J connectivity index is 1.33. The second kappa shape index (κ2) is 9.88. The first-order valence-electron chi connectivity index (χ1n) is 11.1. The summed E-state index contributed by atoms with van der Waals surface area (Å²) in [4.78, 5) is 14.6. The van der Waals surface area contributed by atoms with E-state index in [9.17, 15) is 13.2 Å². The molecule has 0 saturated carbocycles. The van der Waals surface area contributed by atoms with Gasteiger partial charge in [-0.25, -0.2) is 13.2 Å². The van der Waals surface area contributed by atoms with Crippen LogP contribution in [0.2, 0.25) is 0 Å². The van der Waals surface area contributed by atoms with Crippen molar-refractivity contribution < 1.29 is 27.4 Å². The minimum atomic E-state index is -3.62. The zero-order valence-electron chi connectivity index (χ0n) is 18.8. The van der Waals surface area contributed by atoms with Crippen LogP contribution in [0.1, 0.15) is 25.5 Å². The number of carbonyl (C=O) groups excluding carboxylic acids is 1. The maximum Gasteiger partial charge on any atom is 0.317 e. The van der Waals surface area contributed by atoms with Crippen molar-refractivity contribution in [3.8, 4) is 17.2 Å². The summed E-state index contributed by atoms with van der Waals surface area (Å²) in [6.45, 7) is 6.42. The largest absolute Gasteiger partial charge is 0.494 e. The third-order valence-corrected chi connectivity index (χ3v) is 7.62. The van der Waals surface area contributed by atoms with Crippen LogP contribution < -0.4 is 19.5 Å². The normalized spacial score (nSPS) is 17.3. The number of rotatable bonds is 6. The summed E-state index contributed by atoms with van der Waals surface area (Å²) in [6.07, 6.45) is 0. The molecule has 2 aromatic carbocycles. The molecule has 0 aliphatic carbocycles. The summed E-state index contributed by atoms with van der Waals surface area (Å²) >= 11 is 0. The van der Waals surface area contributed by atoms with E-state index < -0.39 is 10.0 Å². The third kappa shape index (κ3) is 5.17. The minimum Gasteiger partial charge on any atom is -0.494 e. The van der Waals surface area contributed by atoms with Gasteiger partial charge in [0.1, 0.15) is 19.0 Å². The summed E-state index contributed by atoms with van der Waals surface area (Å²) in [5, 5.41) is 2.98. The number of ether oxygens (including phenoxy) is 3. The predicted octanol–water partition coefficient (Wildman–Crippen LogP) is 2.63. The summed E-state index contributed by atoms with van der Waals surface area (Å²) in [7, 11) is -3.62. The summed E-state index contributed by atoms with van der Waals surface area (Å²) in [6, 6.07) is 11.6. The summed E-state index contributed by atoms with van der Waals surface area (Å²) < 4.78 is 43.9. The lowest BCUT2D eigenvalue weighted by molar-refractivity contribution is 0.168. The van der Waals surface area contributed by atoms with Crippen molar-refractivity contribution in [1.82, 2.24) is 14.5 Å². The number of urea groups is 1. The van der Waals surface area contributed by atoms with Crippen molar-refractivity contribution in [3.63, 3.8) is 0 Å². The molecule has 0 unspecified atom stereocenters. The maximum atomic E-state index is 13.0. The number of benzene rings is 2. The van der Waals surface area contributed by atoms with E-state index in [1.807, 2.05) is 32.0 Å². The third-order valence-electron chi connectivity index (χ3n) is 5.70. The standard InChI is InChI=1S/C23H29N3O6S/c1-3-30-19-5-7-20(8-6-19)33(28,29)26-12-10-25(11-13-26)23(27)24-17(2)18-4-9-21-22(16-18)32-15-14-31-21/h4-9,16-17H,3,10-15H2,1-2H3,(H,24,27)/t17-/m0/s1. The Morgan fingerprint density at radius 2 is 1.70 bits per heavy atom. The van der Waals surface area contributed by atoms with E-state index in [0.717, 1.165) is 5.56 Å². The number of nitrogens with zero attached hydrogens (tertiary/aromatic N) is 2. The smallest absolute Gasteiger partial charge is 0.317 e. The van der Waals surface area contributed by atoms with Gasteiger partial charge in [-0.3, -0.25) is 0 Å². The summed E-state index contributed by atoms with van der Waals surface area (Å²) in [5.74, 6) is 2.01. The predicted molar refractivity (Wildman–Crippen MR) is 122 cm³/mol. The number of sulfonamides is 1. The number of nitrogens with one attached hydrogen (secondary N) is 1. The SMILES string of the molecule is CCOc1ccc(S(=O)(=O)N2CCN(C(=O)N[C@@H](C)c3ccc4c(c3)OCCO4)CC2)cc1. The van der Waals surface area contributed by atoms with Crippen LogP contribution in [0.4, 0.5) is 4.79 Å². The molecule has 2 aliphatic heterocycles. The van der Waals surface area contributed by atoms with Crippen molar-refractivity contribution >= 4 is 16.1 Å². The van der Waals surface area contributed by atoms with Gasteiger partial charge in [-0.15, -0.1) is 0 Å². The lowest BCUT2D eigenvalue weighted by Crippen LogP contribution is -2.53. The zero-order chi connectivity index (χ0) is 23.4. The van der Waals surface area contributed by atoms with Crippen LogP contribution in [0.25, 0.3) is 0 Å². The van der Waals surface area contributed by atoms with Crippen molar-refractivity contribution in [3.05, 3.63) is 48.0 Å². The van der Waals surface area contributed by atoms with Gasteiger partial charge in [0, 0.05) is 26.2 Å². The van der Waals surface area contributed by atoms with E-state index in [2.05, 4.69) is 5.32 Å². The highest BCUT2D eigenvalue weighted by atomic mass is 32.2. The number of hydrogen-bond acceptors (Lipinski definition) is 6. The molecular weight excluding hydrogens is 446 g/mol. The van der Waals surface area contributed by atoms with Gasteiger partial charge in [-0.1, -0.05) is 6.07 Å². The highest BCUT2D eigenvalue weighted by molar-refractivity contribution is 7.89. The Hall–Kier alpha value is -2.98. The zero-order valence-corrected chi connectivity index (χ0v) is 19.6. The number of amides is 2. The Labute approximate surface area is 194 Å². The minimum absolute atomic E-state index is 0.219. The highest BCUT2D eigenvalue weighted by Crippen LogP contribution is 2.32. The molecule has 2 amide bonds. The monoisotopic (exact) mass is 475 g/mol.